The molecule has 8 nitrogen and oxygen atoms in total. The Hall–Kier alpha value is -0.460. The maximum atomic E-state index is 14.1. The molecule has 0 bridgehead atoms. The SMILES string of the molecule is CCCCCCCCCCC[C@@H](C)CN(C)[C@H](CN[C@H](CN[C@@H](CN)CN[C@@H](CNCCO)[C@H](C)O)C1CCC(F)(F)CC1)CC(C)C. The summed E-state index contributed by atoms with van der Waals surface area (Å²) in [4.78, 5) is 2.54. The van der Waals surface area contributed by atoms with Crippen molar-refractivity contribution >= 4 is 0 Å². The summed E-state index contributed by atoms with van der Waals surface area (Å²) in [5.74, 6) is -1.15. The molecule has 1 rings (SSSR count). The third kappa shape index (κ3) is 21.7. The van der Waals surface area contributed by atoms with Crippen LogP contribution in [-0.2, 0) is 0 Å². The molecule has 0 aromatic carbocycles. The van der Waals surface area contributed by atoms with Crippen molar-refractivity contribution in [3.63, 3.8) is 0 Å². The molecule has 6 atom stereocenters. The summed E-state index contributed by atoms with van der Waals surface area (Å²) in [6.07, 6.45) is 15.0. The summed E-state index contributed by atoms with van der Waals surface area (Å²) < 4.78 is 28.3. The highest BCUT2D eigenvalue weighted by molar-refractivity contribution is 4.89. The molecule has 0 aromatic heterocycles. The van der Waals surface area contributed by atoms with Crippen LogP contribution in [0.25, 0.3) is 0 Å². The maximum absolute atomic E-state index is 14.1. The minimum atomic E-state index is -2.55. The Morgan fingerprint density at radius 1 is 0.854 bits per heavy atom. The molecule has 10 heteroatoms. The van der Waals surface area contributed by atoms with Gasteiger partial charge in [-0.2, -0.15) is 0 Å². The highest BCUT2D eigenvalue weighted by Gasteiger charge is 2.38. The lowest BCUT2D eigenvalue weighted by molar-refractivity contribution is -0.0497. The number of alkyl halides is 2. The first-order valence-corrected chi connectivity index (χ1v) is 19.9. The molecule has 0 aromatic rings. The van der Waals surface area contributed by atoms with Crippen molar-refractivity contribution in [2.75, 3.05) is 59.5 Å². The van der Waals surface area contributed by atoms with E-state index in [-0.39, 0.29) is 43.5 Å². The number of nitrogens with two attached hydrogens (primary N) is 1. The van der Waals surface area contributed by atoms with E-state index in [9.17, 15) is 13.9 Å². The third-order valence-electron chi connectivity index (χ3n) is 10.5. The standard InChI is InChI=1S/C38H80F2N6O2/c1-7-8-9-10-11-12-13-14-15-16-31(4)29-46(6)35(23-30(2)3)26-45-37(33-17-19-38(39,40)20-18-33)28-43-34(24-41)25-44-36(32(5)48)27-42-21-22-47/h30-37,42-45,47-48H,7-29,41H2,1-6H3/t31-,32+,34+,35+,36+,37-/m1/s1. The number of hydrogen-bond acceptors (Lipinski definition) is 8. The quantitative estimate of drug-likeness (QED) is 0.0477. The van der Waals surface area contributed by atoms with Crippen LogP contribution < -0.4 is 27.0 Å². The molecule has 0 heterocycles. The van der Waals surface area contributed by atoms with Crippen LogP contribution in [0.4, 0.5) is 8.78 Å². The third-order valence-corrected chi connectivity index (χ3v) is 10.5. The zero-order chi connectivity index (χ0) is 35.8. The largest absolute Gasteiger partial charge is 0.395 e. The minimum absolute atomic E-state index is 0.0190. The van der Waals surface area contributed by atoms with Gasteiger partial charge >= 0.3 is 0 Å². The smallest absolute Gasteiger partial charge is 0.248 e. The second-order valence-corrected chi connectivity index (χ2v) is 15.7. The van der Waals surface area contributed by atoms with E-state index in [2.05, 4.69) is 60.9 Å². The average molecular weight is 691 g/mol. The Bertz CT molecular complexity index is 740. The molecule has 0 unspecified atom stereocenters. The van der Waals surface area contributed by atoms with Gasteiger partial charge < -0.3 is 42.1 Å². The Labute approximate surface area is 294 Å². The van der Waals surface area contributed by atoms with E-state index < -0.39 is 12.0 Å². The normalized spacial score (nSPS) is 19.4. The van der Waals surface area contributed by atoms with Gasteiger partial charge in [0.2, 0.25) is 5.92 Å². The second kappa shape index (κ2) is 27.2. The van der Waals surface area contributed by atoms with E-state index in [4.69, 9.17) is 10.8 Å². The van der Waals surface area contributed by atoms with Gasteiger partial charge in [-0.15, -0.1) is 0 Å². The first-order chi connectivity index (χ1) is 22.9. The number of likely N-dealkylation sites (N-methyl/N-ethyl adjacent to an activating group) is 1. The van der Waals surface area contributed by atoms with Gasteiger partial charge in [0.1, 0.15) is 0 Å². The highest BCUT2D eigenvalue weighted by Crippen LogP contribution is 2.37. The van der Waals surface area contributed by atoms with Crippen molar-refractivity contribution in [1.82, 2.24) is 26.2 Å². The summed E-state index contributed by atoms with van der Waals surface area (Å²) >= 11 is 0. The Morgan fingerprint density at radius 2 is 1.48 bits per heavy atom. The molecule has 1 aliphatic carbocycles. The monoisotopic (exact) mass is 691 g/mol. The molecule has 0 radical (unpaired) electrons. The van der Waals surface area contributed by atoms with Gasteiger partial charge in [0.25, 0.3) is 0 Å². The predicted molar refractivity (Wildman–Crippen MR) is 200 cm³/mol. The number of aliphatic hydroxyl groups is 2. The van der Waals surface area contributed by atoms with Gasteiger partial charge in [0.05, 0.1) is 12.7 Å². The first kappa shape index (κ1) is 45.6. The molecule has 1 fully saturated rings. The molecule has 48 heavy (non-hydrogen) atoms. The molecular formula is C38H80F2N6O2. The summed E-state index contributed by atoms with van der Waals surface area (Å²) in [6.45, 7) is 15.6. The fourth-order valence-electron chi connectivity index (χ4n) is 7.23. The summed E-state index contributed by atoms with van der Waals surface area (Å²) in [5, 5.41) is 33.4. The summed E-state index contributed by atoms with van der Waals surface area (Å²) in [7, 11) is 2.26. The molecule has 288 valence electrons. The molecule has 0 saturated heterocycles. The Kier molecular flexibility index (Phi) is 25.8. The predicted octanol–water partition coefficient (Wildman–Crippen LogP) is 5.51. The lowest BCUT2D eigenvalue weighted by Crippen LogP contribution is -2.56. The number of nitrogens with zero attached hydrogens (tertiary/aromatic N) is 1. The van der Waals surface area contributed by atoms with E-state index in [0.717, 1.165) is 19.5 Å². The molecule has 1 saturated carbocycles. The van der Waals surface area contributed by atoms with Gasteiger partial charge in [0.15, 0.2) is 0 Å². The van der Waals surface area contributed by atoms with E-state index in [1.165, 1.54) is 64.2 Å². The molecule has 0 amide bonds. The van der Waals surface area contributed by atoms with Crippen LogP contribution in [0.15, 0.2) is 0 Å². The van der Waals surface area contributed by atoms with Crippen molar-refractivity contribution in [2.24, 2.45) is 23.5 Å². The van der Waals surface area contributed by atoms with Crippen LogP contribution in [0.1, 0.15) is 131 Å². The molecule has 8 N–H and O–H groups in total. The van der Waals surface area contributed by atoms with E-state index in [0.29, 0.717) is 63.4 Å². The van der Waals surface area contributed by atoms with E-state index in [1.807, 2.05) is 0 Å². The number of nitrogens with one attached hydrogen (secondary N) is 4. The summed E-state index contributed by atoms with van der Waals surface area (Å²) in [5.41, 5.74) is 6.16. The van der Waals surface area contributed by atoms with Crippen LogP contribution in [0.5, 0.6) is 0 Å². The van der Waals surface area contributed by atoms with E-state index in [1.54, 1.807) is 6.92 Å². The Morgan fingerprint density at radius 3 is 2.04 bits per heavy atom. The Balaban J connectivity index is 2.72. The molecular weight excluding hydrogens is 610 g/mol. The van der Waals surface area contributed by atoms with Crippen molar-refractivity contribution in [1.29, 1.82) is 0 Å². The van der Waals surface area contributed by atoms with Gasteiger partial charge in [-0.25, -0.2) is 8.78 Å². The van der Waals surface area contributed by atoms with Crippen LogP contribution in [0, 0.1) is 17.8 Å². The van der Waals surface area contributed by atoms with Gasteiger partial charge in [-0.05, 0) is 57.4 Å². The van der Waals surface area contributed by atoms with E-state index >= 15 is 0 Å². The van der Waals surface area contributed by atoms with Gasteiger partial charge in [0, 0.05) is 82.8 Å². The minimum Gasteiger partial charge on any atom is -0.395 e. The van der Waals surface area contributed by atoms with Crippen molar-refractivity contribution in [3.05, 3.63) is 0 Å². The van der Waals surface area contributed by atoms with Crippen LogP contribution in [0.3, 0.4) is 0 Å². The van der Waals surface area contributed by atoms with Crippen molar-refractivity contribution < 1.29 is 19.0 Å². The number of unbranched alkanes of at least 4 members (excludes halogenated alkanes) is 8. The van der Waals surface area contributed by atoms with Crippen molar-refractivity contribution in [2.45, 2.75) is 167 Å². The van der Waals surface area contributed by atoms with Gasteiger partial charge in [-0.3, -0.25) is 0 Å². The topological polar surface area (TPSA) is 118 Å². The zero-order valence-corrected chi connectivity index (χ0v) is 32.1. The number of rotatable bonds is 31. The lowest BCUT2D eigenvalue weighted by Gasteiger charge is -2.38. The highest BCUT2D eigenvalue weighted by atomic mass is 19.3. The fraction of sp³-hybridized carbons (Fsp3) is 1.00. The fourth-order valence-corrected chi connectivity index (χ4v) is 7.23. The second-order valence-electron chi connectivity index (χ2n) is 15.7. The number of aliphatic hydroxyl groups excluding tert-OH is 2. The molecule has 0 aliphatic heterocycles. The summed E-state index contributed by atoms with van der Waals surface area (Å²) in [6, 6.07) is 0.274. The van der Waals surface area contributed by atoms with Crippen LogP contribution >= 0.6 is 0 Å². The lowest BCUT2D eigenvalue weighted by atomic mass is 9.81. The zero-order valence-electron chi connectivity index (χ0n) is 32.1. The van der Waals surface area contributed by atoms with Crippen LogP contribution in [0.2, 0.25) is 0 Å². The van der Waals surface area contributed by atoms with Crippen molar-refractivity contribution in [3.8, 4) is 0 Å². The molecule has 1 aliphatic rings. The number of halogens is 2. The van der Waals surface area contributed by atoms with Crippen LogP contribution in [-0.4, -0.2) is 111 Å². The van der Waals surface area contributed by atoms with Gasteiger partial charge in [-0.1, -0.05) is 85.5 Å². The molecule has 0 spiro atoms. The average Bonchev–Trinajstić information content (AvgIpc) is 3.03. The maximum Gasteiger partial charge on any atom is 0.248 e. The first-order valence-electron chi connectivity index (χ1n) is 19.9. The number of hydrogen-bond donors (Lipinski definition) is 7.